The molecular formula is C34H39HgN4NaO6. The van der Waals surface area contributed by atoms with Crippen LogP contribution in [-0.4, -0.2) is 88.0 Å². The summed E-state index contributed by atoms with van der Waals surface area (Å²) in [6, 6.07) is 7.51. The summed E-state index contributed by atoms with van der Waals surface area (Å²) < 4.78 is 0. The van der Waals surface area contributed by atoms with Gasteiger partial charge in [0, 0.05) is 73.7 Å². The van der Waals surface area contributed by atoms with Crippen molar-refractivity contribution in [2.45, 2.75) is 79.4 Å². The van der Waals surface area contributed by atoms with Gasteiger partial charge in [0.15, 0.2) is 0 Å². The van der Waals surface area contributed by atoms with Crippen LogP contribution in [0, 0.1) is 13.8 Å². The summed E-state index contributed by atoms with van der Waals surface area (Å²) in [5.74, 6) is -1.83. The van der Waals surface area contributed by atoms with Crippen molar-refractivity contribution >= 4 is 85.9 Å². The number of nitrogens with zero attached hydrogens (tertiary/aromatic N) is 2. The Balaban J connectivity index is 0.00000288. The van der Waals surface area contributed by atoms with E-state index in [-0.39, 0.29) is 82.9 Å². The monoisotopic (exact) mass is 824 g/mol. The van der Waals surface area contributed by atoms with Crippen LogP contribution < -0.4 is 0 Å². The molecule has 2 aliphatic rings. The van der Waals surface area contributed by atoms with Gasteiger partial charge in [0.25, 0.3) is 0 Å². The summed E-state index contributed by atoms with van der Waals surface area (Å²) in [6.07, 6.45) is -1.16. The van der Waals surface area contributed by atoms with Gasteiger partial charge in [-0.25, -0.2) is 9.97 Å². The molecule has 5 heterocycles. The number of hydrogen-bond acceptors (Lipinski definition) is 6. The molecule has 0 amide bonds. The van der Waals surface area contributed by atoms with Crippen LogP contribution in [0.4, 0.5) is 0 Å². The number of hydrogen-bond donors (Lipinski definition) is 6. The number of aromatic nitrogens is 4. The van der Waals surface area contributed by atoms with Crippen LogP contribution in [0.5, 0.6) is 0 Å². The zero-order valence-corrected chi connectivity index (χ0v) is 32.0. The Morgan fingerprint density at radius 3 is 1.80 bits per heavy atom. The SMILES string of the molecule is CC1=C(CCC(=O)O)c2cc3[nH]c(cc4nc(cc5[nH]c(cc1n2)c(C)c5C(C)O)C(C)=C4C(C)O)c(C)c3CCC(=O)O.[Hg].[NaH]. The van der Waals surface area contributed by atoms with Gasteiger partial charge in [-0.1, -0.05) is 0 Å². The van der Waals surface area contributed by atoms with Crippen molar-refractivity contribution < 1.29 is 57.7 Å². The van der Waals surface area contributed by atoms with E-state index in [1.54, 1.807) is 13.8 Å². The summed E-state index contributed by atoms with van der Waals surface area (Å²) in [5.41, 5.74) is 11.7. The number of carboxylic acids is 2. The summed E-state index contributed by atoms with van der Waals surface area (Å²) in [7, 11) is 0. The number of allylic oxidation sites excluding steroid dienone is 3. The van der Waals surface area contributed by atoms with Crippen molar-refractivity contribution in [3.63, 3.8) is 0 Å². The van der Waals surface area contributed by atoms with Crippen LogP contribution >= 0.6 is 0 Å². The number of aromatic amines is 2. The molecule has 234 valence electrons. The third-order valence-electron chi connectivity index (χ3n) is 8.65. The van der Waals surface area contributed by atoms with Gasteiger partial charge in [0.05, 0.1) is 35.0 Å². The van der Waals surface area contributed by atoms with Gasteiger partial charge in [-0.3, -0.25) is 9.59 Å². The fourth-order valence-electron chi connectivity index (χ4n) is 6.31. The predicted molar refractivity (Wildman–Crippen MR) is 178 cm³/mol. The van der Waals surface area contributed by atoms with E-state index in [9.17, 15) is 30.0 Å². The number of fused-ring (bicyclic) bond motifs is 8. The van der Waals surface area contributed by atoms with Crippen LogP contribution in [0.25, 0.3) is 44.4 Å². The van der Waals surface area contributed by atoms with E-state index in [2.05, 4.69) is 9.97 Å². The quantitative estimate of drug-likeness (QED) is 0.163. The van der Waals surface area contributed by atoms with Crippen molar-refractivity contribution in [3.05, 3.63) is 69.3 Å². The zero-order chi connectivity index (χ0) is 32.0. The first kappa shape index (κ1) is 37.8. The molecule has 12 heteroatoms. The fraction of sp³-hybridized carbons (Fsp3) is 0.353. The number of aliphatic carboxylic acids is 2. The van der Waals surface area contributed by atoms with Gasteiger partial charge < -0.3 is 30.4 Å². The zero-order valence-electron chi connectivity index (χ0n) is 26.5. The number of aryl methyl sites for hydroxylation is 3. The van der Waals surface area contributed by atoms with Gasteiger partial charge in [-0.2, -0.15) is 0 Å². The van der Waals surface area contributed by atoms with Crippen molar-refractivity contribution in [1.82, 2.24) is 19.9 Å². The maximum atomic E-state index is 11.6. The number of aliphatic hydroxyl groups excluding tert-OH is 2. The van der Waals surface area contributed by atoms with E-state index < -0.39 is 24.1 Å². The number of carbonyl (C=O) groups is 2. The molecule has 46 heavy (non-hydrogen) atoms. The Kier molecular flexibility index (Phi) is 12.4. The van der Waals surface area contributed by atoms with Gasteiger partial charge in [-0.05, 0) is 112 Å². The van der Waals surface area contributed by atoms with Crippen LogP contribution in [-0.2, 0) is 43.7 Å². The average Bonchev–Trinajstić information content (AvgIpc) is 3.59. The first-order valence-electron chi connectivity index (χ1n) is 14.7. The normalized spacial score (nSPS) is 14.1. The fourth-order valence-corrected chi connectivity index (χ4v) is 6.31. The Morgan fingerprint density at radius 2 is 1.20 bits per heavy atom. The molecule has 3 aromatic heterocycles. The second kappa shape index (κ2) is 15.1. The summed E-state index contributed by atoms with van der Waals surface area (Å²) in [4.78, 5) is 39.8. The molecule has 0 spiro atoms. The van der Waals surface area contributed by atoms with Crippen LogP contribution in [0.3, 0.4) is 0 Å². The Morgan fingerprint density at radius 1 is 0.696 bits per heavy atom. The number of aliphatic hydroxyl groups is 2. The van der Waals surface area contributed by atoms with Crippen molar-refractivity contribution in [3.8, 4) is 0 Å². The molecule has 10 nitrogen and oxygen atoms in total. The molecule has 5 rings (SSSR count). The first-order chi connectivity index (χ1) is 20.8. The van der Waals surface area contributed by atoms with Crippen LogP contribution in [0.15, 0.2) is 24.3 Å². The molecule has 3 aromatic rings. The number of carboxylic acid groups (broad SMARTS) is 2. The molecule has 2 aliphatic heterocycles. The number of nitrogens with one attached hydrogen (secondary N) is 2. The van der Waals surface area contributed by atoms with Gasteiger partial charge in [-0.15, -0.1) is 0 Å². The molecule has 0 aliphatic carbocycles. The molecule has 8 bridgehead atoms. The molecule has 0 radical (unpaired) electrons. The van der Waals surface area contributed by atoms with Gasteiger partial charge in [0.1, 0.15) is 0 Å². The first-order valence-corrected chi connectivity index (χ1v) is 14.7. The van der Waals surface area contributed by atoms with Crippen molar-refractivity contribution in [2.24, 2.45) is 0 Å². The topological polar surface area (TPSA) is 172 Å². The third kappa shape index (κ3) is 7.42. The second-order valence-corrected chi connectivity index (χ2v) is 11.7. The van der Waals surface area contributed by atoms with Crippen molar-refractivity contribution in [2.75, 3.05) is 0 Å². The van der Waals surface area contributed by atoms with E-state index >= 15 is 0 Å². The minimum absolute atomic E-state index is 0. The van der Waals surface area contributed by atoms with E-state index in [0.29, 0.717) is 39.4 Å². The summed E-state index contributed by atoms with van der Waals surface area (Å²) in [5, 5.41) is 40.5. The van der Waals surface area contributed by atoms with Gasteiger partial charge in [0.2, 0.25) is 0 Å². The average molecular weight is 823 g/mol. The molecule has 2 unspecified atom stereocenters. The Bertz CT molecular complexity index is 1940. The summed E-state index contributed by atoms with van der Waals surface area (Å²) in [6.45, 7) is 11.1. The Hall–Kier alpha value is -2.60. The van der Waals surface area contributed by atoms with E-state index in [1.807, 2.05) is 52.0 Å². The Labute approximate surface area is 309 Å². The van der Waals surface area contributed by atoms with E-state index in [1.165, 1.54) is 0 Å². The number of H-pyrrole nitrogens is 2. The standard InChI is InChI=1S/C34H38N4O6.Hg.Na.H/c1-15-21(7-9-31(41)42)27-14-28-22(8-10-32(43)44)16(2)24(36-28)12-29-34(20(6)40)18(4)26(38-29)13-30-33(19(5)39)17(3)25(37-30)11-23(15)35-27;;;/h11-14,19-20,36-37,39-40H,7-10H2,1-6H3,(H,41,42)(H,43,44);;;. The minimum atomic E-state index is -0.914. The molecule has 0 saturated carbocycles. The molecule has 6 N–H and O–H groups in total. The summed E-state index contributed by atoms with van der Waals surface area (Å²) >= 11 is 0. The molecule has 2 atom stereocenters. The van der Waals surface area contributed by atoms with Crippen molar-refractivity contribution in [1.29, 1.82) is 0 Å². The van der Waals surface area contributed by atoms with Gasteiger partial charge >= 0.3 is 41.5 Å². The maximum absolute atomic E-state index is 11.6. The second-order valence-electron chi connectivity index (χ2n) is 11.7. The third-order valence-corrected chi connectivity index (χ3v) is 8.65. The molecule has 0 aromatic carbocycles. The predicted octanol–water partition coefficient (Wildman–Crippen LogP) is 5.46. The van der Waals surface area contributed by atoms with Crippen LogP contribution in [0.1, 0.15) is 98.1 Å². The molecule has 0 saturated heterocycles. The van der Waals surface area contributed by atoms with Crippen LogP contribution in [0.2, 0.25) is 0 Å². The van der Waals surface area contributed by atoms with E-state index in [0.717, 1.165) is 50.0 Å². The number of rotatable bonds is 8. The molecule has 0 fully saturated rings. The molecular weight excluding hydrogens is 784 g/mol. The van der Waals surface area contributed by atoms with E-state index in [4.69, 9.17) is 9.97 Å².